The van der Waals surface area contributed by atoms with Gasteiger partial charge in [0.2, 0.25) is 0 Å². The zero-order valence-electron chi connectivity index (χ0n) is 16.4. The van der Waals surface area contributed by atoms with Gasteiger partial charge in [-0.3, -0.25) is 4.57 Å². The number of nitrogens with zero attached hydrogens (tertiary/aromatic N) is 3. The first-order chi connectivity index (χ1) is 13.5. The van der Waals surface area contributed by atoms with Gasteiger partial charge >= 0.3 is 0 Å². The van der Waals surface area contributed by atoms with Crippen molar-refractivity contribution in [1.82, 2.24) is 14.8 Å². The fourth-order valence-electron chi connectivity index (χ4n) is 2.87. The van der Waals surface area contributed by atoms with Crippen LogP contribution in [0.3, 0.4) is 0 Å². The van der Waals surface area contributed by atoms with Crippen LogP contribution in [0.5, 0.6) is 5.75 Å². The number of hydrogen-bond acceptors (Lipinski definition) is 4. The molecule has 1 heterocycles. The van der Waals surface area contributed by atoms with E-state index in [0.717, 1.165) is 33.1 Å². The van der Waals surface area contributed by atoms with Gasteiger partial charge < -0.3 is 4.74 Å². The van der Waals surface area contributed by atoms with Crippen molar-refractivity contribution in [3.8, 4) is 5.75 Å². The normalized spacial score (nSPS) is 12.0. The topological polar surface area (TPSA) is 39.9 Å². The van der Waals surface area contributed by atoms with Crippen molar-refractivity contribution in [1.29, 1.82) is 0 Å². The molecule has 0 aliphatic heterocycles. The smallest absolute Gasteiger partial charge is 0.191 e. The molecule has 0 saturated heterocycles. The number of benzene rings is 2. The lowest BCUT2D eigenvalue weighted by Gasteiger charge is -2.16. The molecule has 0 N–H and O–H groups in total. The van der Waals surface area contributed by atoms with Crippen LogP contribution in [0.15, 0.2) is 60.3 Å². The zero-order chi connectivity index (χ0) is 20.1. The molecule has 1 unspecified atom stereocenters. The maximum Gasteiger partial charge on any atom is 0.191 e. The van der Waals surface area contributed by atoms with Crippen molar-refractivity contribution in [3.63, 3.8) is 0 Å². The fraction of sp³-hybridized carbons (Fsp3) is 0.273. The molecule has 0 fully saturated rings. The monoisotopic (exact) mass is 413 g/mol. The van der Waals surface area contributed by atoms with Gasteiger partial charge in [0.15, 0.2) is 17.1 Å². The molecule has 3 rings (SSSR count). The Labute approximate surface area is 175 Å². The number of aromatic nitrogens is 3. The highest BCUT2D eigenvalue weighted by molar-refractivity contribution is 7.98. The Morgan fingerprint density at radius 2 is 1.96 bits per heavy atom. The van der Waals surface area contributed by atoms with Gasteiger partial charge in [-0.2, -0.15) is 0 Å². The van der Waals surface area contributed by atoms with E-state index in [4.69, 9.17) is 16.3 Å². The quantitative estimate of drug-likeness (QED) is 0.327. The van der Waals surface area contributed by atoms with Crippen LogP contribution in [0, 0.1) is 13.8 Å². The molecule has 1 aromatic heterocycles. The maximum absolute atomic E-state index is 6.10. The van der Waals surface area contributed by atoms with Crippen molar-refractivity contribution >= 4 is 23.4 Å². The van der Waals surface area contributed by atoms with E-state index in [1.165, 1.54) is 11.1 Å². The predicted octanol–water partition coefficient (Wildman–Crippen LogP) is 6.17. The second kappa shape index (κ2) is 9.30. The van der Waals surface area contributed by atoms with Crippen LogP contribution in [0.2, 0.25) is 5.02 Å². The van der Waals surface area contributed by atoms with E-state index in [1.807, 2.05) is 38.1 Å². The third-order valence-electron chi connectivity index (χ3n) is 4.48. The summed E-state index contributed by atoms with van der Waals surface area (Å²) in [5.41, 5.74) is 3.55. The number of aryl methyl sites for hydroxylation is 2. The number of rotatable bonds is 8. The molecule has 0 radical (unpaired) electrons. The molecule has 0 spiro atoms. The number of ether oxygens (including phenoxy) is 1. The van der Waals surface area contributed by atoms with E-state index in [1.54, 1.807) is 11.8 Å². The molecule has 146 valence electrons. The Bertz CT molecular complexity index is 970. The van der Waals surface area contributed by atoms with Crippen molar-refractivity contribution in [2.75, 3.05) is 0 Å². The summed E-state index contributed by atoms with van der Waals surface area (Å²) in [5.74, 6) is 2.38. The molecule has 0 bridgehead atoms. The van der Waals surface area contributed by atoms with Crippen molar-refractivity contribution in [2.45, 2.75) is 44.3 Å². The Balaban J connectivity index is 1.78. The van der Waals surface area contributed by atoms with E-state index >= 15 is 0 Å². The molecule has 0 aliphatic rings. The first-order valence-electron chi connectivity index (χ1n) is 9.13. The standard InChI is InChI=1S/C22H24ClN3OS/c1-5-12-26-21(17(4)27-19-10-11-20(23)16(3)13-19)24-25-22(26)28-14-18-9-7-6-8-15(18)2/h5-11,13,17H,1,12,14H2,2-4H3. The van der Waals surface area contributed by atoms with Crippen molar-refractivity contribution in [3.05, 3.63) is 82.7 Å². The predicted molar refractivity (Wildman–Crippen MR) is 116 cm³/mol. The SMILES string of the molecule is C=CCn1c(SCc2ccccc2C)nnc1C(C)Oc1ccc(Cl)c(C)c1. The molecular weight excluding hydrogens is 390 g/mol. The Morgan fingerprint density at radius 3 is 2.68 bits per heavy atom. The average Bonchev–Trinajstić information content (AvgIpc) is 3.07. The lowest BCUT2D eigenvalue weighted by atomic mass is 10.1. The summed E-state index contributed by atoms with van der Waals surface area (Å²) in [7, 11) is 0. The van der Waals surface area contributed by atoms with Gasteiger partial charge in [0.25, 0.3) is 0 Å². The molecule has 6 heteroatoms. The van der Waals surface area contributed by atoms with Crippen molar-refractivity contribution in [2.24, 2.45) is 0 Å². The van der Waals surface area contributed by atoms with Gasteiger partial charge in [0, 0.05) is 17.3 Å². The molecule has 0 saturated carbocycles. The Kier molecular flexibility index (Phi) is 6.81. The third-order valence-corrected chi connectivity index (χ3v) is 5.92. The third kappa shape index (κ3) is 4.78. The summed E-state index contributed by atoms with van der Waals surface area (Å²) in [6.45, 7) is 10.6. The second-order valence-electron chi connectivity index (χ2n) is 6.63. The minimum atomic E-state index is -0.249. The highest BCUT2D eigenvalue weighted by Crippen LogP contribution is 2.28. The van der Waals surface area contributed by atoms with Gasteiger partial charge in [-0.1, -0.05) is 53.7 Å². The number of thioether (sulfide) groups is 1. The van der Waals surface area contributed by atoms with Crippen LogP contribution in [0.1, 0.15) is 35.5 Å². The van der Waals surface area contributed by atoms with E-state index in [9.17, 15) is 0 Å². The number of halogens is 1. The van der Waals surface area contributed by atoms with Crippen molar-refractivity contribution < 1.29 is 4.74 Å². The Morgan fingerprint density at radius 1 is 1.18 bits per heavy atom. The molecule has 28 heavy (non-hydrogen) atoms. The summed E-state index contributed by atoms with van der Waals surface area (Å²) in [5, 5.41) is 10.4. The summed E-state index contributed by atoms with van der Waals surface area (Å²) in [6, 6.07) is 14.0. The minimum absolute atomic E-state index is 0.249. The van der Waals surface area contributed by atoms with Crippen LogP contribution in [-0.2, 0) is 12.3 Å². The molecule has 4 nitrogen and oxygen atoms in total. The van der Waals surface area contributed by atoms with E-state index in [2.05, 4.69) is 52.5 Å². The number of hydrogen-bond donors (Lipinski definition) is 0. The molecule has 0 amide bonds. The lowest BCUT2D eigenvalue weighted by molar-refractivity contribution is 0.210. The largest absolute Gasteiger partial charge is 0.483 e. The first-order valence-corrected chi connectivity index (χ1v) is 10.5. The fourth-order valence-corrected chi connectivity index (χ4v) is 4.02. The van der Waals surface area contributed by atoms with Crippen LogP contribution in [-0.4, -0.2) is 14.8 Å². The summed E-state index contributed by atoms with van der Waals surface area (Å²) >= 11 is 7.78. The van der Waals surface area contributed by atoms with Crippen LogP contribution in [0.25, 0.3) is 0 Å². The summed E-state index contributed by atoms with van der Waals surface area (Å²) in [6.07, 6.45) is 1.60. The van der Waals surface area contributed by atoms with E-state index < -0.39 is 0 Å². The number of allylic oxidation sites excluding steroid dienone is 1. The zero-order valence-corrected chi connectivity index (χ0v) is 17.9. The van der Waals surface area contributed by atoms with E-state index in [0.29, 0.717) is 6.54 Å². The van der Waals surface area contributed by atoms with Gasteiger partial charge in [-0.25, -0.2) is 0 Å². The van der Waals surface area contributed by atoms with E-state index in [-0.39, 0.29) is 6.10 Å². The highest BCUT2D eigenvalue weighted by Gasteiger charge is 2.19. The minimum Gasteiger partial charge on any atom is -0.483 e. The average molecular weight is 414 g/mol. The molecule has 2 aromatic carbocycles. The summed E-state index contributed by atoms with van der Waals surface area (Å²) in [4.78, 5) is 0. The molecule has 0 aliphatic carbocycles. The summed E-state index contributed by atoms with van der Waals surface area (Å²) < 4.78 is 8.15. The molecular formula is C22H24ClN3OS. The highest BCUT2D eigenvalue weighted by atomic mass is 35.5. The van der Waals surface area contributed by atoms with Gasteiger partial charge in [0.05, 0.1) is 0 Å². The second-order valence-corrected chi connectivity index (χ2v) is 7.98. The Hall–Kier alpha value is -2.24. The molecule has 1 atom stereocenters. The van der Waals surface area contributed by atoms with Gasteiger partial charge in [-0.05, 0) is 55.7 Å². The van der Waals surface area contributed by atoms with Crippen LogP contribution < -0.4 is 4.74 Å². The maximum atomic E-state index is 6.10. The van der Waals surface area contributed by atoms with Crippen LogP contribution in [0.4, 0.5) is 0 Å². The molecule has 3 aromatic rings. The van der Waals surface area contributed by atoms with Gasteiger partial charge in [-0.15, -0.1) is 16.8 Å². The van der Waals surface area contributed by atoms with Gasteiger partial charge in [0.1, 0.15) is 5.75 Å². The van der Waals surface area contributed by atoms with Crippen LogP contribution >= 0.6 is 23.4 Å². The lowest BCUT2D eigenvalue weighted by Crippen LogP contribution is -2.12. The first kappa shape index (κ1) is 20.5.